The number of nitrogens with one attached hydrogen (secondary N) is 2. The van der Waals surface area contributed by atoms with Gasteiger partial charge in [-0.25, -0.2) is 0 Å². The Morgan fingerprint density at radius 1 is 1.10 bits per heavy atom. The molecule has 1 amide bonds. The second-order valence-corrected chi connectivity index (χ2v) is 6.89. The summed E-state index contributed by atoms with van der Waals surface area (Å²) in [5.41, 5.74) is 3.23. The monoisotopic (exact) mass is 388 g/mol. The van der Waals surface area contributed by atoms with Crippen LogP contribution in [0.1, 0.15) is 10.6 Å². The lowest BCUT2D eigenvalue weighted by atomic mass is 10.1. The Bertz CT molecular complexity index is 1160. The summed E-state index contributed by atoms with van der Waals surface area (Å²) in [6.45, 7) is 3.59. The summed E-state index contributed by atoms with van der Waals surface area (Å²) < 4.78 is 11.4. The number of pyridine rings is 1. The van der Waals surface area contributed by atoms with E-state index in [1.165, 1.54) is 0 Å². The first-order valence-corrected chi connectivity index (χ1v) is 9.57. The Balaban J connectivity index is 1.39. The third-order valence-corrected chi connectivity index (χ3v) is 5.08. The highest BCUT2D eigenvalue weighted by atomic mass is 16.4. The van der Waals surface area contributed by atoms with Gasteiger partial charge in [0.15, 0.2) is 5.76 Å². The molecule has 29 heavy (non-hydrogen) atoms. The van der Waals surface area contributed by atoms with Gasteiger partial charge in [-0.2, -0.15) is 0 Å². The van der Waals surface area contributed by atoms with Crippen LogP contribution in [0.15, 0.2) is 70.0 Å². The molecule has 4 heterocycles. The summed E-state index contributed by atoms with van der Waals surface area (Å²) in [6, 6.07) is 13.1. The van der Waals surface area contributed by atoms with Gasteiger partial charge in [-0.15, -0.1) is 0 Å². The van der Waals surface area contributed by atoms with E-state index in [2.05, 4.69) is 20.5 Å². The number of carbonyl (C=O) groups excluding carboxylic acids is 1. The lowest BCUT2D eigenvalue weighted by Crippen LogP contribution is -2.43. The van der Waals surface area contributed by atoms with Crippen LogP contribution >= 0.6 is 0 Å². The zero-order valence-corrected chi connectivity index (χ0v) is 15.7. The van der Waals surface area contributed by atoms with Gasteiger partial charge in [0.25, 0.3) is 5.91 Å². The lowest BCUT2D eigenvalue weighted by molar-refractivity contribution is 0.0997. The molecular weight excluding hydrogens is 368 g/mol. The molecule has 1 aromatic carbocycles. The third kappa shape index (κ3) is 3.36. The number of amides is 1. The van der Waals surface area contributed by atoms with Crippen molar-refractivity contribution in [3.8, 4) is 11.3 Å². The number of fused-ring (bicyclic) bond motifs is 1. The molecule has 1 aliphatic heterocycles. The largest absolute Gasteiger partial charge is 0.464 e. The number of nitrogens with zero attached hydrogens (tertiary/aromatic N) is 2. The van der Waals surface area contributed by atoms with E-state index in [0.717, 1.165) is 48.4 Å². The summed E-state index contributed by atoms with van der Waals surface area (Å²) in [7, 11) is 0. The van der Waals surface area contributed by atoms with Crippen LogP contribution in [0.2, 0.25) is 0 Å². The topological polar surface area (TPSA) is 83.5 Å². The third-order valence-electron chi connectivity index (χ3n) is 5.08. The molecule has 0 unspecified atom stereocenters. The van der Waals surface area contributed by atoms with E-state index in [4.69, 9.17) is 8.83 Å². The fraction of sp³-hybridized carbons (Fsp3) is 0.182. The average molecular weight is 388 g/mol. The maximum Gasteiger partial charge on any atom is 0.291 e. The Labute approximate surface area is 167 Å². The molecule has 5 rings (SSSR count). The second-order valence-electron chi connectivity index (χ2n) is 6.89. The fourth-order valence-electron chi connectivity index (χ4n) is 3.62. The van der Waals surface area contributed by atoms with Crippen LogP contribution in [-0.4, -0.2) is 37.1 Å². The lowest BCUT2D eigenvalue weighted by Gasteiger charge is -2.30. The van der Waals surface area contributed by atoms with Crippen molar-refractivity contribution in [3.05, 3.63) is 66.9 Å². The van der Waals surface area contributed by atoms with Crippen molar-refractivity contribution >= 4 is 28.3 Å². The van der Waals surface area contributed by atoms with Crippen molar-refractivity contribution in [2.24, 2.45) is 0 Å². The van der Waals surface area contributed by atoms with Gasteiger partial charge < -0.3 is 24.4 Å². The second kappa shape index (κ2) is 7.44. The van der Waals surface area contributed by atoms with Crippen molar-refractivity contribution in [3.63, 3.8) is 0 Å². The minimum atomic E-state index is -0.312. The summed E-state index contributed by atoms with van der Waals surface area (Å²) >= 11 is 0. The van der Waals surface area contributed by atoms with E-state index in [-0.39, 0.29) is 11.7 Å². The molecule has 4 aromatic rings. The molecular formula is C22H20N4O3. The number of hydrogen-bond acceptors (Lipinski definition) is 6. The Hall–Kier alpha value is -3.58. The number of para-hydroxylation sites is 1. The van der Waals surface area contributed by atoms with Crippen molar-refractivity contribution in [1.29, 1.82) is 0 Å². The summed E-state index contributed by atoms with van der Waals surface area (Å²) in [5, 5.41) is 7.22. The van der Waals surface area contributed by atoms with Crippen molar-refractivity contribution in [2.45, 2.75) is 0 Å². The number of carbonyl (C=O) groups is 1. The Morgan fingerprint density at radius 2 is 1.97 bits per heavy atom. The number of furan rings is 2. The predicted octanol–water partition coefficient (Wildman–Crippen LogP) is 3.75. The Kier molecular flexibility index (Phi) is 4.50. The van der Waals surface area contributed by atoms with Crippen molar-refractivity contribution in [1.82, 2.24) is 10.3 Å². The molecule has 7 heteroatoms. The minimum Gasteiger partial charge on any atom is -0.464 e. The summed E-state index contributed by atoms with van der Waals surface area (Å²) in [4.78, 5) is 19.2. The number of piperazine rings is 1. The standard InChI is InChI=1S/C22H20N4O3/c27-22(25-17-13-24-8-7-18(17)26-11-9-23-10-12-26)21-6-5-20(29-21)16-14-28-19-4-2-1-3-15(16)19/h1-8,13-14,23H,9-12H2,(H,25,27). The van der Waals surface area contributed by atoms with Gasteiger partial charge in [-0.05, 0) is 24.3 Å². The molecule has 2 N–H and O–H groups in total. The predicted molar refractivity (Wildman–Crippen MR) is 111 cm³/mol. The molecule has 1 saturated heterocycles. The first-order valence-electron chi connectivity index (χ1n) is 9.57. The van der Waals surface area contributed by atoms with E-state index in [1.807, 2.05) is 30.3 Å². The molecule has 0 saturated carbocycles. The zero-order valence-electron chi connectivity index (χ0n) is 15.7. The van der Waals surface area contributed by atoms with Gasteiger partial charge in [-0.1, -0.05) is 18.2 Å². The van der Waals surface area contributed by atoms with E-state index >= 15 is 0 Å². The van der Waals surface area contributed by atoms with Gasteiger partial charge in [0.05, 0.1) is 23.1 Å². The van der Waals surface area contributed by atoms with Gasteiger partial charge >= 0.3 is 0 Å². The first-order chi connectivity index (χ1) is 14.3. The maximum atomic E-state index is 12.8. The van der Waals surface area contributed by atoms with E-state index < -0.39 is 0 Å². The van der Waals surface area contributed by atoms with E-state index in [9.17, 15) is 4.79 Å². The van der Waals surface area contributed by atoms with Gasteiger partial charge in [0.2, 0.25) is 0 Å². The number of benzene rings is 1. The highest BCUT2D eigenvalue weighted by Crippen LogP contribution is 2.32. The average Bonchev–Trinajstić information content (AvgIpc) is 3.42. The quantitative estimate of drug-likeness (QED) is 0.554. The van der Waals surface area contributed by atoms with E-state index in [0.29, 0.717) is 11.4 Å². The van der Waals surface area contributed by atoms with Crippen molar-refractivity contribution in [2.75, 3.05) is 36.4 Å². The maximum absolute atomic E-state index is 12.8. The van der Waals surface area contributed by atoms with Crippen LogP contribution in [-0.2, 0) is 0 Å². The molecule has 0 aliphatic carbocycles. The summed E-state index contributed by atoms with van der Waals surface area (Å²) in [5.74, 6) is 0.516. The Morgan fingerprint density at radius 3 is 2.86 bits per heavy atom. The van der Waals surface area contributed by atoms with Crippen LogP contribution in [0.4, 0.5) is 11.4 Å². The van der Waals surface area contributed by atoms with E-state index in [1.54, 1.807) is 30.8 Å². The van der Waals surface area contributed by atoms with Crippen LogP contribution in [0, 0.1) is 0 Å². The van der Waals surface area contributed by atoms with Crippen LogP contribution < -0.4 is 15.5 Å². The zero-order chi connectivity index (χ0) is 19.6. The van der Waals surface area contributed by atoms with Crippen LogP contribution in [0.3, 0.4) is 0 Å². The van der Waals surface area contributed by atoms with Crippen LogP contribution in [0.25, 0.3) is 22.3 Å². The normalized spacial score (nSPS) is 14.3. The number of aromatic nitrogens is 1. The SMILES string of the molecule is O=C(Nc1cnccc1N1CCNCC1)c1ccc(-c2coc3ccccc23)o1. The molecule has 0 radical (unpaired) electrons. The van der Waals surface area contributed by atoms with Gasteiger partial charge in [-0.3, -0.25) is 9.78 Å². The first kappa shape index (κ1) is 17.5. The number of hydrogen-bond donors (Lipinski definition) is 2. The summed E-state index contributed by atoms with van der Waals surface area (Å²) in [6.07, 6.45) is 5.06. The molecule has 1 aliphatic rings. The number of rotatable bonds is 4. The highest BCUT2D eigenvalue weighted by Gasteiger charge is 2.19. The molecule has 146 valence electrons. The molecule has 3 aromatic heterocycles. The molecule has 0 spiro atoms. The van der Waals surface area contributed by atoms with Crippen LogP contribution in [0.5, 0.6) is 0 Å². The minimum absolute atomic E-state index is 0.236. The number of anilines is 2. The molecule has 1 fully saturated rings. The molecule has 7 nitrogen and oxygen atoms in total. The molecule has 0 atom stereocenters. The molecule has 0 bridgehead atoms. The fourth-order valence-corrected chi connectivity index (χ4v) is 3.62. The van der Waals surface area contributed by atoms with Gasteiger partial charge in [0.1, 0.15) is 17.6 Å². The van der Waals surface area contributed by atoms with Crippen molar-refractivity contribution < 1.29 is 13.6 Å². The smallest absolute Gasteiger partial charge is 0.291 e. The highest BCUT2D eigenvalue weighted by molar-refractivity contribution is 6.04. The van der Waals surface area contributed by atoms with Gasteiger partial charge in [0, 0.05) is 37.8 Å².